The molecule has 0 N–H and O–H groups in total. The first-order valence-electron chi connectivity index (χ1n) is 9.38. The Hall–Kier alpha value is -3.53. The van der Waals surface area contributed by atoms with E-state index in [0.29, 0.717) is 23.5 Å². The highest BCUT2D eigenvalue weighted by atomic mass is 16.1. The molecule has 28 heavy (non-hydrogen) atoms. The fourth-order valence-electron chi connectivity index (χ4n) is 3.39. The van der Waals surface area contributed by atoms with Crippen molar-refractivity contribution in [3.63, 3.8) is 0 Å². The molecule has 1 aromatic heterocycles. The molecule has 0 radical (unpaired) electrons. The van der Waals surface area contributed by atoms with Crippen LogP contribution in [-0.4, -0.2) is 10.4 Å². The molecule has 3 aromatic carbocycles. The lowest BCUT2D eigenvalue weighted by Gasteiger charge is -2.07. The Morgan fingerprint density at radius 3 is 2.25 bits per heavy atom. The van der Waals surface area contributed by atoms with E-state index in [2.05, 4.69) is 10.2 Å². The normalized spacial score (nSPS) is 11.4. The van der Waals surface area contributed by atoms with Crippen LogP contribution in [0.1, 0.15) is 28.5 Å². The Labute approximate surface area is 164 Å². The van der Waals surface area contributed by atoms with Crippen LogP contribution >= 0.6 is 0 Å². The van der Waals surface area contributed by atoms with Crippen LogP contribution < -0.4 is 0 Å². The van der Waals surface area contributed by atoms with E-state index in [1.165, 1.54) is 5.56 Å². The van der Waals surface area contributed by atoms with E-state index in [0.717, 1.165) is 16.6 Å². The summed E-state index contributed by atoms with van der Waals surface area (Å²) >= 11 is 0. The summed E-state index contributed by atoms with van der Waals surface area (Å²) in [5.41, 5.74) is 4.75. The summed E-state index contributed by atoms with van der Waals surface area (Å²) in [5.74, 6) is -0.0449. The van der Waals surface area contributed by atoms with Gasteiger partial charge in [0.15, 0.2) is 0 Å². The van der Waals surface area contributed by atoms with Crippen molar-refractivity contribution in [3.05, 3.63) is 95.7 Å². The van der Waals surface area contributed by atoms with Crippen molar-refractivity contribution in [1.29, 1.82) is 0 Å². The number of hydrogen-bond acceptors (Lipinski definition) is 3. The zero-order chi connectivity index (χ0) is 19.5. The molecule has 4 nitrogen and oxygen atoms in total. The molecular weight excluding hydrogens is 346 g/mol. The number of carbonyl (C=O) groups excluding carboxylic acids is 1. The third-order valence-corrected chi connectivity index (χ3v) is 4.81. The molecule has 4 heteroatoms. The van der Waals surface area contributed by atoms with Gasteiger partial charge in [0.2, 0.25) is 5.78 Å². The zero-order valence-electron chi connectivity index (χ0n) is 16.0. The van der Waals surface area contributed by atoms with E-state index in [9.17, 15) is 4.79 Å². The van der Waals surface area contributed by atoms with Gasteiger partial charge in [-0.1, -0.05) is 66.2 Å². The molecule has 4 rings (SSSR count). The predicted molar refractivity (Wildman–Crippen MR) is 113 cm³/mol. The fraction of sp³-hybridized carbons (Fsp3) is 0.125. The van der Waals surface area contributed by atoms with Gasteiger partial charge in [-0.15, -0.1) is 5.11 Å². The third kappa shape index (κ3) is 3.25. The summed E-state index contributed by atoms with van der Waals surface area (Å²) in [6, 6.07) is 25.1. The van der Waals surface area contributed by atoms with Crippen LogP contribution in [0.25, 0.3) is 10.9 Å². The first-order valence-corrected chi connectivity index (χ1v) is 9.38. The van der Waals surface area contributed by atoms with E-state index in [-0.39, 0.29) is 5.78 Å². The van der Waals surface area contributed by atoms with E-state index >= 15 is 0 Å². The first kappa shape index (κ1) is 17.9. The van der Waals surface area contributed by atoms with Crippen LogP contribution in [0, 0.1) is 6.92 Å². The molecule has 0 fully saturated rings. The van der Waals surface area contributed by atoms with Crippen molar-refractivity contribution >= 4 is 28.1 Å². The quantitative estimate of drug-likeness (QED) is 0.289. The van der Waals surface area contributed by atoms with Crippen molar-refractivity contribution in [2.75, 3.05) is 0 Å². The van der Waals surface area contributed by atoms with Gasteiger partial charge in [-0.2, -0.15) is 5.11 Å². The highest BCUT2D eigenvalue weighted by Crippen LogP contribution is 2.36. The molecule has 0 aliphatic carbocycles. The number of nitrogens with zero attached hydrogens (tertiary/aromatic N) is 3. The maximum atomic E-state index is 13.3. The Morgan fingerprint density at radius 2 is 1.54 bits per heavy atom. The molecule has 0 saturated heterocycles. The van der Waals surface area contributed by atoms with Crippen LogP contribution in [0.4, 0.5) is 11.4 Å². The molecule has 1 heterocycles. The van der Waals surface area contributed by atoms with Crippen LogP contribution in [0.2, 0.25) is 0 Å². The van der Waals surface area contributed by atoms with E-state index < -0.39 is 0 Å². The standard InChI is InChI=1S/C24H21N3O/c1-3-27-21-12-8-7-11-20(21)22(26-25-19-15-13-17(2)14-16-19)23(27)24(28)18-9-5-4-6-10-18/h4-16H,3H2,1-2H3. The molecule has 0 amide bonds. The number of ketones is 1. The smallest absolute Gasteiger partial charge is 0.211 e. The minimum Gasteiger partial charge on any atom is -0.336 e. The summed E-state index contributed by atoms with van der Waals surface area (Å²) in [6.07, 6.45) is 0. The highest BCUT2D eigenvalue weighted by molar-refractivity contribution is 6.16. The Balaban J connectivity index is 1.91. The minimum absolute atomic E-state index is 0.0449. The Kier molecular flexibility index (Phi) is 4.85. The van der Waals surface area contributed by atoms with Crippen molar-refractivity contribution in [1.82, 2.24) is 4.57 Å². The summed E-state index contributed by atoms with van der Waals surface area (Å²) in [7, 11) is 0. The summed E-state index contributed by atoms with van der Waals surface area (Å²) < 4.78 is 2.02. The molecule has 0 unspecified atom stereocenters. The van der Waals surface area contributed by atoms with Crippen LogP contribution in [0.3, 0.4) is 0 Å². The van der Waals surface area contributed by atoms with Gasteiger partial charge in [0.05, 0.1) is 11.2 Å². The van der Waals surface area contributed by atoms with Gasteiger partial charge >= 0.3 is 0 Å². The number of aryl methyl sites for hydroxylation is 2. The number of para-hydroxylation sites is 1. The Bertz CT molecular complexity index is 1160. The van der Waals surface area contributed by atoms with E-state index in [1.54, 1.807) is 0 Å². The topological polar surface area (TPSA) is 46.7 Å². The fourth-order valence-corrected chi connectivity index (χ4v) is 3.39. The van der Waals surface area contributed by atoms with Gasteiger partial charge in [0, 0.05) is 17.5 Å². The van der Waals surface area contributed by atoms with E-state index in [4.69, 9.17) is 0 Å². The molecule has 0 spiro atoms. The third-order valence-electron chi connectivity index (χ3n) is 4.81. The maximum absolute atomic E-state index is 13.3. The molecule has 0 aliphatic rings. The van der Waals surface area contributed by atoms with Crippen molar-refractivity contribution in [2.24, 2.45) is 10.2 Å². The van der Waals surface area contributed by atoms with Gasteiger partial charge in [-0.3, -0.25) is 4.79 Å². The second-order valence-corrected chi connectivity index (χ2v) is 6.69. The molecular formula is C24H21N3O. The zero-order valence-corrected chi connectivity index (χ0v) is 16.0. The molecule has 0 saturated carbocycles. The summed E-state index contributed by atoms with van der Waals surface area (Å²) in [4.78, 5) is 13.3. The number of azo groups is 1. The van der Waals surface area contributed by atoms with Crippen LogP contribution in [-0.2, 0) is 6.54 Å². The second-order valence-electron chi connectivity index (χ2n) is 6.69. The van der Waals surface area contributed by atoms with Crippen molar-refractivity contribution < 1.29 is 4.79 Å². The van der Waals surface area contributed by atoms with Crippen LogP contribution in [0.15, 0.2) is 89.1 Å². The number of benzene rings is 3. The van der Waals surface area contributed by atoms with Gasteiger partial charge in [0.25, 0.3) is 0 Å². The summed E-state index contributed by atoms with van der Waals surface area (Å²) in [6.45, 7) is 4.75. The predicted octanol–water partition coefficient (Wildman–Crippen LogP) is 6.62. The lowest BCUT2D eigenvalue weighted by Crippen LogP contribution is -2.09. The molecule has 0 bridgehead atoms. The van der Waals surface area contributed by atoms with Crippen LogP contribution in [0.5, 0.6) is 0 Å². The first-order chi connectivity index (χ1) is 13.7. The lowest BCUT2D eigenvalue weighted by atomic mass is 10.1. The molecule has 138 valence electrons. The summed E-state index contributed by atoms with van der Waals surface area (Å²) in [5, 5.41) is 9.87. The van der Waals surface area contributed by atoms with E-state index in [1.807, 2.05) is 97.3 Å². The Morgan fingerprint density at radius 1 is 0.857 bits per heavy atom. The molecule has 0 aliphatic heterocycles. The van der Waals surface area contributed by atoms with Gasteiger partial charge in [-0.25, -0.2) is 0 Å². The maximum Gasteiger partial charge on any atom is 0.211 e. The van der Waals surface area contributed by atoms with Gasteiger partial charge in [0.1, 0.15) is 11.4 Å². The molecule has 4 aromatic rings. The van der Waals surface area contributed by atoms with Gasteiger partial charge < -0.3 is 4.57 Å². The number of rotatable bonds is 5. The SMILES string of the molecule is CCn1c(C(=O)c2ccccc2)c(N=Nc2ccc(C)cc2)c2ccccc21. The van der Waals surface area contributed by atoms with Gasteiger partial charge in [-0.05, 0) is 32.0 Å². The number of aromatic nitrogens is 1. The lowest BCUT2D eigenvalue weighted by molar-refractivity contribution is 0.103. The van der Waals surface area contributed by atoms with Crippen molar-refractivity contribution in [3.8, 4) is 0 Å². The second kappa shape index (κ2) is 7.61. The largest absolute Gasteiger partial charge is 0.336 e. The average molecular weight is 367 g/mol. The highest BCUT2D eigenvalue weighted by Gasteiger charge is 2.23. The monoisotopic (exact) mass is 367 g/mol. The average Bonchev–Trinajstić information content (AvgIpc) is 3.07. The number of hydrogen-bond donors (Lipinski definition) is 0. The molecule has 0 atom stereocenters. The number of fused-ring (bicyclic) bond motifs is 1. The number of carbonyl (C=O) groups is 1. The minimum atomic E-state index is -0.0449. The van der Waals surface area contributed by atoms with Crippen molar-refractivity contribution in [2.45, 2.75) is 20.4 Å².